The molecule has 6 nitrogen and oxygen atoms in total. The Hall–Kier alpha value is -3.00. The molecular weight excluding hydrogens is 357 g/mol. The summed E-state index contributed by atoms with van der Waals surface area (Å²) in [6, 6.07) is 11.5. The van der Waals surface area contributed by atoms with E-state index in [0.717, 1.165) is 6.07 Å². The second-order valence-corrected chi connectivity index (χ2v) is 7.45. The Labute approximate surface area is 150 Å². The monoisotopic (exact) mass is 373 g/mol. The summed E-state index contributed by atoms with van der Waals surface area (Å²) in [6.07, 6.45) is 1.39. The summed E-state index contributed by atoms with van der Waals surface area (Å²) in [5.41, 5.74) is 0.325. The van der Waals surface area contributed by atoms with Gasteiger partial charge in [0.25, 0.3) is 15.9 Å². The average Bonchev–Trinajstić information content (AvgIpc) is 2.61. The first kappa shape index (κ1) is 17.8. The number of fused-ring (bicyclic) bond motifs is 1. The summed E-state index contributed by atoms with van der Waals surface area (Å²) in [5.74, 6) is -0.948. The summed E-state index contributed by atoms with van der Waals surface area (Å²) >= 11 is 0. The van der Waals surface area contributed by atoms with Crippen LogP contribution in [0.2, 0.25) is 0 Å². The van der Waals surface area contributed by atoms with Crippen LogP contribution >= 0.6 is 0 Å². The number of sulfonamides is 1. The predicted octanol–water partition coefficient (Wildman–Crippen LogP) is 2.88. The molecule has 0 atom stereocenters. The third-order valence-corrected chi connectivity index (χ3v) is 5.20. The zero-order valence-electron chi connectivity index (χ0n) is 14.1. The van der Waals surface area contributed by atoms with E-state index < -0.39 is 15.8 Å². The first-order valence-electron chi connectivity index (χ1n) is 7.68. The second-order valence-electron chi connectivity index (χ2n) is 5.80. The number of benzene rings is 2. The lowest BCUT2D eigenvalue weighted by Crippen LogP contribution is -2.24. The van der Waals surface area contributed by atoms with Crippen molar-refractivity contribution in [1.29, 1.82) is 0 Å². The highest BCUT2D eigenvalue weighted by Gasteiger charge is 2.22. The normalized spacial score (nSPS) is 11.3. The Kier molecular flexibility index (Phi) is 4.60. The van der Waals surface area contributed by atoms with Gasteiger partial charge in [0.05, 0.1) is 16.1 Å². The molecule has 3 rings (SSSR count). The van der Waals surface area contributed by atoms with E-state index in [4.69, 9.17) is 0 Å². The van der Waals surface area contributed by atoms with Crippen molar-refractivity contribution in [3.8, 4) is 0 Å². The Bertz CT molecular complexity index is 1100. The van der Waals surface area contributed by atoms with Crippen LogP contribution < -0.4 is 4.72 Å². The van der Waals surface area contributed by atoms with Gasteiger partial charge in [0, 0.05) is 25.7 Å². The third-order valence-electron chi connectivity index (χ3n) is 3.78. The summed E-state index contributed by atoms with van der Waals surface area (Å²) in [7, 11) is -0.914. The van der Waals surface area contributed by atoms with E-state index in [9.17, 15) is 17.6 Å². The van der Waals surface area contributed by atoms with Crippen LogP contribution in [-0.2, 0) is 10.0 Å². The lowest BCUT2D eigenvalue weighted by atomic mass is 10.1. The number of para-hydroxylation sites is 1. The molecular formula is C18H16FN3O3S. The maximum atomic E-state index is 13.9. The molecule has 0 unspecified atom stereocenters. The van der Waals surface area contributed by atoms with Gasteiger partial charge in [0.2, 0.25) is 0 Å². The van der Waals surface area contributed by atoms with Crippen LogP contribution in [0.25, 0.3) is 10.9 Å². The van der Waals surface area contributed by atoms with Gasteiger partial charge in [0.15, 0.2) is 0 Å². The Morgan fingerprint density at radius 1 is 1.08 bits per heavy atom. The molecule has 0 aliphatic carbocycles. The highest BCUT2D eigenvalue weighted by atomic mass is 32.2. The van der Waals surface area contributed by atoms with Crippen molar-refractivity contribution in [2.45, 2.75) is 4.90 Å². The molecule has 0 saturated heterocycles. The number of nitrogens with one attached hydrogen (secondary N) is 1. The van der Waals surface area contributed by atoms with Crippen molar-refractivity contribution >= 4 is 32.5 Å². The fraction of sp³-hybridized carbons (Fsp3) is 0.111. The number of carbonyl (C=O) groups excluding carboxylic acids is 1. The maximum absolute atomic E-state index is 13.9. The quantitative estimate of drug-likeness (QED) is 0.763. The number of carbonyl (C=O) groups is 1. The molecule has 0 spiro atoms. The first-order valence-corrected chi connectivity index (χ1v) is 9.16. The van der Waals surface area contributed by atoms with E-state index in [0.29, 0.717) is 0 Å². The van der Waals surface area contributed by atoms with Gasteiger partial charge < -0.3 is 4.90 Å². The molecule has 2 aromatic carbocycles. The van der Waals surface area contributed by atoms with Crippen molar-refractivity contribution < 1.29 is 17.6 Å². The van der Waals surface area contributed by atoms with Gasteiger partial charge in [-0.05, 0) is 36.4 Å². The second kappa shape index (κ2) is 6.72. The van der Waals surface area contributed by atoms with Gasteiger partial charge in [-0.3, -0.25) is 14.5 Å². The van der Waals surface area contributed by atoms with Gasteiger partial charge in [-0.1, -0.05) is 12.1 Å². The number of amides is 1. The van der Waals surface area contributed by atoms with Gasteiger partial charge >= 0.3 is 0 Å². The zero-order valence-corrected chi connectivity index (χ0v) is 14.9. The highest BCUT2D eigenvalue weighted by molar-refractivity contribution is 7.93. The molecule has 1 N–H and O–H groups in total. The summed E-state index contributed by atoms with van der Waals surface area (Å²) in [4.78, 5) is 17.4. The van der Waals surface area contributed by atoms with Crippen LogP contribution in [0, 0.1) is 5.82 Å². The maximum Gasteiger partial charge on any atom is 0.262 e. The molecule has 8 heteroatoms. The topological polar surface area (TPSA) is 79.4 Å². The summed E-state index contributed by atoms with van der Waals surface area (Å²) in [5, 5.41) is 0.163. The molecule has 1 heterocycles. The molecule has 0 saturated carbocycles. The molecule has 0 bridgehead atoms. The molecule has 0 fully saturated rings. The molecule has 0 aliphatic rings. The molecule has 3 aromatic rings. The molecule has 1 amide bonds. The van der Waals surface area contributed by atoms with Crippen molar-refractivity contribution in [2.24, 2.45) is 0 Å². The van der Waals surface area contributed by atoms with Crippen LogP contribution in [0.15, 0.2) is 59.6 Å². The number of halogens is 1. The van der Waals surface area contributed by atoms with Gasteiger partial charge in [-0.25, -0.2) is 12.8 Å². The number of hydrogen-bond donors (Lipinski definition) is 1. The Morgan fingerprint density at radius 2 is 1.81 bits per heavy atom. The minimum absolute atomic E-state index is 0.0342. The predicted molar refractivity (Wildman–Crippen MR) is 97.0 cm³/mol. The smallest absolute Gasteiger partial charge is 0.262 e. The Balaban J connectivity index is 2.10. The fourth-order valence-electron chi connectivity index (χ4n) is 2.55. The zero-order chi connectivity index (χ0) is 18.9. The number of pyridine rings is 1. The highest BCUT2D eigenvalue weighted by Crippen LogP contribution is 2.27. The van der Waals surface area contributed by atoms with E-state index >= 15 is 0 Å². The van der Waals surface area contributed by atoms with Crippen molar-refractivity contribution in [3.05, 3.63) is 66.1 Å². The summed E-state index contributed by atoms with van der Waals surface area (Å²) < 4.78 is 42.1. The Morgan fingerprint density at radius 3 is 2.54 bits per heavy atom. The number of aromatic nitrogens is 1. The van der Waals surface area contributed by atoms with Crippen molar-refractivity contribution in [2.75, 3.05) is 18.8 Å². The third kappa shape index (κ3) is 3.23. The van der Waals surface area contributed by atoms with Crippen LogP contribution in [0.3, 0.4) is 0 Å². The van der Waals surface area contributed by atoms with Crippen LogP contribution in [0.1, 0.15) is 10.4 Å². The van der Waals surface area contributed by atoms with Crippen LogP contribution in [0.5, 0.6) is 0 Å². The van der Waals surface area contributed by atoms with Crippen molar-refractivity contribution in [3.63, 3.8) is 0 Å². The fourth-order valence-corrected chi connectivity index (χ4v) is 3.82. The molecule has 0 aliphatic heterocycles. The number of rotatable bonds is 4. The summed E-state index contributed by atoms with van der Waals surface area (Å²) in [6.45, 7) is 0. The SMILES string of the molecule is CN(C)C(=O)c1ccccc1NS(=O)(=O)c1ccc(F)c2ncccc12. The van der Waals surface area contributed by atoms with Crippen LogP contribution in [0.4, 0.5) is 10.1 Å². The van der Waals surface area contributed by atoms with Crippen molar-refractivity contribution in [1.82, 2.24) is 9.88 Å². The van der Waals surface area contributed by atoms with E-state index in [1.165, 1.54) is 41.4 Å². The molecule has 1 aromatic heterocycles. The van der Waals surface area contributed by atoms with E-state index in [-0.39, 0.29) is 33.0 Å². The number of hydrogen-bond acceptors (Lipinski definition) is 4. The minimum Gasteiger partial charge on any atom is -0.345 e. The number of anilines is 1. The van der Waals surface area contributed by atoms with E-state index in [1.54, 1.807) is 26.2 Å². The first-order chi connectivity index (χ1) is 12.3. The largest absolute Gasteiger partial charge is 0.345 e. The van der Waals surface area contributed by atoms with Crippen LogP contribution in [-0.4, -0.2) is 38.3 Å². The minimum atomic E-state index is -4.07. The average molecular weight is 373 g/mol. The molecule has 134 valence electrons. The standard InChI is InChI=1S/C18H16FN3O3S/c1-22(2)18(23)12-6-3-4-8-15(12)21-26(24,25)16-10-9-14(19)17-13(16)7-5-11-20-17/h3-11,21H,1-2H3. The lowest BCUT2D eigenvalue weighted by Gasteiger charge is -2.16. The lowest BCUT2D eigenvalue weighted by molar-refractivity contribution is 0.0828. The number of nitrogens with zero attached hydrogens (tertiary/aromatic N) is 2. The molecule has 26 heavy (non-hydrogen) atoms. The van der Waals surface area contributed by atoms with Gasteiger partial charge in [-0.15, -0.1) is 0 Å². The van der Waals surface area contributed by atoms with E-state index in [1.807, 2.05) is 0 Å². The van der Waals surface area contributed by atoms with E-state index in [2.05, 4.69) is 9.71 Å². The van der Waals surface area contributed by atoms with Gasteiger partial charge in [0.1, 0.15) is 11.3 Å². The van der Waals surface area contributed by atoms with Gasteiger partial charge in [-0.2, -0.15) is 0 Å². The molecule has 0 radical (unpaired) electrons.